The highest BCUT2D eigenvalue weighted by Gasteiger charge is 2.56. The number of hydrogen-bond donors (Lipinski definition) is 2. The zero-order chi connectivity index (χ0) is 11.5. The number of aromatic nitrogens is 1. The van der Waals surface area contributed by atoms with E-state index in [9.17, 15) is 9.59 Å². The number of rotatable bonds is 1. The standard InChI is InChI=1S/C10H10N2O4/c1-12-4-5-7(6(12)8(13)14)16-10(2-3-10)9(15)11-5/h4H,2-3H2,1H3,(H,11,15)(H,13,14). The van der Waals surface area contributed by atoms with Gasteiger partial charge in [-0.2, -0.15) is 0 Å². The average molecular weight is 222 g/mol. The number of carbonyl (C=O) groups excluding carboxylic acids is 1. The van der Waals surface area contributed by atoms with Crippen molar-refractivity contribution in [1.29, 1.82) is 0 Å². The van der Waals surface area contributed by atoms with Crippen LogP contribution < -0.4 is 10.1 Å². The molecule has 3 rings (SSSR count). The fourth-order valence-electron chi connectivity index (χ4n) is 1.97. The molecule has 0 radical (unpaired) electrons. The number of amides is 1. The van der Waals surface area contributed by atoms with Crippen molar-refractivity contribution in [2.75, 3.05) is 5.32 Å². The number of carboxylic acid groups (broad SMARTS) is 1. The topological polar surface area (TPSA) is 80.6 Å². The largest absolute Gasteiger partial charge is 0.476 e. The van der Waals surface area contributed by atoms with E-state index in [4.69, 9.17) is 9.84 Å². The molecule has 1 saturated carbocycles. The Morgan fingerprint density at radius 2 is 2.31 bits per heavy atom. The molecule has 0 aromatic carbocycles. The summed E-state index contributed by atoms with van der Waals surface area (Å²) in [5.74, 6) is -0.967. The molecule has 16 heavy (non-hydrogen) atoms. The summed E-state index contributed by atoms with van der Waals surface area (Å²) < 4.78 is 6.98. The number of anilines is 1. The first kappa shape index (κ1) is 9.26. The van der Waals surface area contributed by atoms with E-state index in [1.165, 1.54) is 4.57 Å². The van der Waals surface area contributed by atoms with E-state index in [-0.39, 0.29) is 17.4 Å². The van der Waals surface area contributed by atoms with Gasteiger partial charge in [0.2, 0.25) is 0 Å². The Morgan fingerprint density at radius 3 is 2.88 bits per heavy atom. The van der Waals surface area contributed by atoms with Gasteiger partial charge in [0, 0.05) is 26.1 Å². The third-order valence-corrected chi connectivity index (χ3v) is 3.00. The Hall–Kier alpha value is -1.98. The third-order valence-electron chi connectivity index (χ3n) is 3.00. The predicted molar refractivity (Wildman–Crippen MR) is 53.6 cm³/mol. The molecule has 6 heteroatoms. The lowest BCUT2D eigenvalue weighted by atomic mass is 10.2. The van der Waals surface area contributed by atoms with Gasteiger partial charge in [-0.15, -0.1) is 0 Å². The van der Waals surface area contributed by atoms with Crippen molar-refractivity contribution < 1.29 is 19.4 Å². The van der Waals surface area contributed by atoms with Crippen LogP contribution in [-0.2, 0) is 11.8 Å². The van der Waals surface area contributed by atoms with Gasteiger partial charge in [0.05, 0.1) is 0 Å². The number of aromatic carboxylic acids is 1. The summed E-state index contributed by atoms with van der Waals surface area (Å²) in [6.07, 6.45) is 2.84. The van der Waals surface area contributed by atoms with Crippen LogP contribution >= 0.6 is 0 Å². The summed E-state index contributed by atoms with van der Waals surface area (Å²) >= 11 is 0. The van der Waals surface area contributed by atoms with E-state index in [0.29, 0.717) is 18.5 Å². The number of nitrogens with one attached hydrogen (secondary N) is 1. The average Bonchev–Trinajstić information content (AvgIpc) is 2.87. The van der Waals surface area contributed by atoms with Crippen molar-refractivity contribution >= 4 is 17.6 Å². The molecule has 0 atom stereocenters. The maximum Gasteiger partial charge on any atom is 0.356 e. The molecule has 1 spiro atoms. The number of hydrogen-bond acceptors (Lipinski definition) is 3. The second kappa shape index (κ2) is 2.58. The molecule has 1 amide bonds. The predicted octanol–water partition coefficient (Wildman–Crippen LogP) is 0.587. The molecule has 1 aliphatic carbocycles. The minimum absolute atomic E-state index is 0.0706. The summed E-state index contributed by atoms with van der Waals surface area (Å²) in [6, 6.07) is 0. The van der Waals surface area contributed by atoms with Gasteiger partial charge in [0.15, 0.2) is 17.0 Å². The van der Waals surface area contributed by atoms with E-state index >= 15 is 0 Å². The number of carbonyl (C=O) groups is 2. The SMILES string of the molecule is Cn1cc2c(c1C(=O)O)OC1(CC1)C(=O)N2. The van der Waals surface area contributed by atoms with E-state index in [1.807, 2.05) is 0 Å². The first-order valence-electron chi connectivity index (χ1n) is 4.96. The van der Waals surface area contributed by atoms with Gasteiger partial charge < -0.3 is 19.7 Å². The number of ether oxygens (including phenoxy) is 1. The maximum absolute atomic E-state index is 11.6. The van der Waals surface area contributed by atoms with Crippen LogP contribution in [0.15, 0.2) is 6.20 Å². The number of nitrogens with zero attached hydrogens (tertiary/aromatic N) is 1. The molecule has 0 saturated heterocycles. The lowest BCUT2D eigenvalue weighted by Crippen LogP contribution is -2.39. The quantitative estimate of drug-likeness (QED) is 0.728. The molecule has 0 unspecified atom stereocenters. The van der Waals surface area contributed by atoms with Crippen LogP contribution in [0, 0.1) is 0 Å². The minimum Gasteiger partial charge on any atom is -0.476 e. The smallest absolute Gasteiger partial charge is 0.356 e. The Morgan fingerprint density at radius 1 is 1.62 bits per heavy atom. The van der Waals surface area contributed by atoms with Crippen molar-refractivity contribution in [1.82, 2.24) is 4.57 Å². The zero-order valence-electron chi connectivity index (χ0n) is 8.61. The van der Waals surface area contributed by atoms with E-state index in [2.05, 4.69) is 5.32 Å². The lowest BCUT2D eigenvalue weighted by molar-refractivity contribution is -0.125. The molecular weight excluding hydrogens is 212 g/mol. The highest BCUT2D eigenvalue weighted by Crippen LogP contribution is 2.48. The Bertz CT molecular complexity index is 513. The number of carboxylic acids is 1. The van der Waals surface area contributed by atoms with Crippen molar-refractivity contribution in [3.63, 3.8) is 0 Å². The fourth-order valence-corrected chi connectivity index (χ4v) is 1.97. The molecule has 6 nitrogen and oxygen atoms in total. The summed E-state index contributed by atoms with van der Waals surface area (Å²) in [6.45, 7) is 0. The molecular formula is C10H10N2O4. The van der Waals surface area contributed by atoms with Crippen LogP contribution in [0.4, 0.5) is 5.69 Å². The summed E-state index contributed by atoms with van der Waals surface area (Å²) in [5, 5.41) is 11.7. The molecule has 2 heterocycles. The molecule has 1 aliphatic heterocycles. The minimum atomic E-state index is -1.06. The summed E-state index contributed by atoms with van der Waals surface area (Å²) in [7, 11) is 1.61. The molecule has 2 aliphatic rings. The van der Waals surface area contributed by atoms with Crippen molar-refractivity contribution in [3.05, 3.63) is 11.9 Å². The van der Waals surface area contributed by atoms with Gasteiger partial charge in [-0.3, -0.25) is 4.79 Å². The molecule has 1 aromatic heterocycles. The Balaban J connectivity index is 2.13. The third kappa shape index (κ3) is 1.01. The molecule has 84 valence electrons. The Labute approximate surface area is 90.8 Å². The first-order valence-corrected chi connectivity index (χ1v) is 4.96. The number of aryl methyl sites for hydroxylation is 1. The number of fused-ring (bicyclic) bond motifs is 1. The van der Waals surface area contributed by atoms with Gasteiger partial charge in [-0.25, -0.2) is 4.79 Å². The summed E-state index contributed by atoms with van der Waals surface area (Å²) in [4.78, 5) is 22.7. The second-order valence-corrected chi connectivity index (χ2v) is 4.19. The van der Waals surface area contributed by atoms with Crippen molar-refractivity contribution in [2.24, 2.45) is 7.05 Å². The monoisotopic (exact) mass is 222 g/mol. The van der Waals surface area contributed by atoms with Gasteiger partial charge in [0.1, 0.15) is 5.69 Å². The highest BCUT2D eigenvalue weighted by molar-refractivity contribution is 6.05. The normalized spacial score (nSPS) is 19.9. The van der Waals surface area contributed by atoms with Crippen LogP contribution in [0.2, 0.25) is 0 Å². The molecule has 0 bridgehead atoms. The van der Waals surface area contributed by atoms with Crippen LogP contribution in [0.5, 0.6) is 5.75 Å². The second-order valence-electron chi connectivity index (χ2n) is 4.19. The van der Waals surface area contributed by atoms with Crippen LogP contribution in [-0.4, -0.2) is 27.2 Å². The van der Waals surface area contributed by atoms with E-state index < -0.39 is 11.6 Å². The zero-order valence-corrected chi connectivity index (χ0v) is 8.61. The van der Waals surface area contributed by atoms with Crippen molar-refractivity contribution in [2.45, 2.75) is 18.4 Å². The van der Waals surface area contributed by atoms with Crippen LogP contribution in [0.1, 0.15) is 23.3 Å². The van der Waals surface area contributed by atoms with Crippen LogP contribution in [0.25, 0.3) is 0 Å². The van der Waals surface area contributed by atoms with Crippen LogP contribution in [0.3, 0.4) is 0 Å². The van der Waals surface area contributed by atoms with Gasteiger partial charge in [-0.05, 0) is 0 Å². The summed E-state index contributed by atoms with van der Waals surface area (Å²) in [5.41, 5.74) is -0.304. The van der Waals surface area contributed by atoms with Crippen molar-refractivity contribution in [3.8, 4) is 5.75 Å². The van der Waals surface area contributed by atoms with Gasteiger partial charge in [0.25, 0.3) is 5.91 Å². The molecule has 1 fully saturated rings. The lowest BCUT2D eigenvalue weighted by Gasteiger charge is -2.23. The van der Waals surface area contributed by atoms with E-state index in [1.54, 1.807) is 13.2 Å². The van der Waals surface area contributed by atoms with Gasteiger partial charge in [-0.1, -0.05) is 0 Å². The Kier molecular flexibility index (Phi) is 1.49. The highest BCUT2D eigenvalue weighted by atomic mass is 16.5. The fraction of sp³-hybridized carbons (Fsp3) is 0.400. The molecule has 2 N–H and O–H groups in total. The van der Waals surface area contributed by atoms with Gasteiger partial charge >= 0.3 is 5.97 Å². The molecule has 1 aromatic rings. The first-order chi connectivity index (χ1) is 7.53. The van der Waals surface area contributed by atoms with E-state index in [0.717, 1.165) is 0 Å². The maximum atomic E-state index is 11.6.